The molecule has 5 nitrogen and oxygen atoms in total. The summed E-state index contributed by atoms with van der Waals surface area (Å²) in [6.07, 6.45) is 0.637. The van der Waals surface area contributed by atoms with Crippen molar-refractivity contribution in [2.45, 2.75) is 26.1 Å². The summed E-state index contributed by atoms with van der Waals surface area (Å²) < 4.78 is 37.2. The molecule has 0 bridgehead atoms. The van der Waals surface area contributed by atoms with Gasteiger partial charge in [0.05, 0.1) is 18.9 Å². The van der Waals surface area contributed by atoms with E-state index in [0.717, 1.165) is 6.07 Å². The smallest absolute Gasteiger partial charge is 0.319 e. The van der Waals surface area contributed by atoms with E-state index in [1.165, 1.54) is 6.07 Å². The molecule has 22 heavy (non-hydrogen) atoms. The Morgan fingerprint density at radius 3 is 2.68 bits per heavy atom. The van der Waals surface area contributed by atoms with E-state index in [0.29, 0.717) is 32.2 Å². The van der Waals surface area contributed by atoms with Crippen molar-refractivity contribution in [2.75, 3.05) is 25.1 Å². The van der Waals surface area contributed by atoms with Gasteiger partial charge in [0.15, 0.2) is 5.79 Å². The molecular formula is C15H20F2N2O3. The topological polar surface area (TPSA) is 59.6 Å². The summed E-state index contributed by atoms with van der Waals surface area (Å²) in [5.41, 5.74) is -0.0685. The van der Waals surface area contributed by atoms with Crippen LogP contribution in [0.25, 0.3) is 0 Å². The molecule has 2 N–H and O–H groups in total. The van der Waals surface area contributed by atoms with Crippen molar-refractivity contribution < 1.29 is 23.0 Å². The third-order valence-electron chi connectivity index (χ3n) is 3.41. The number of halogens is 2. The zero-order chi connectivity index (χ0) is 16.2. The van der Waals surface area contributed by atoms with Crippen LogP contribution in [0.1, 0.15) is 20.3 Å². The quantitative estimate of drug-likeness (QED) is 0.878. The summed E-state index contributed by atoms with van der Waals surface area (Å²) in [6.45, 7) is 5.35. The highest BCUT2D eigenvalue weighted by Gasteiger charge is 2.32. The normalized spacial score (nSPS) is 18.0. The van der Waals surface area contributed by atoms with E-state index in [9.17, 15) is 13.6 Å². The van der Waals surface area contributed by atoms with Gasteiger partial charge in [0.1, 0.15) is 11.6 Å². The highest BCUT2D eigenvalue weighted by Crippen LogP contribution is 2.26. The van der Waals surface area contributed by atoms with Crippen LogP contribution in [0.15, 0.2) is 18.2 Å². The van der Waals surface area contributed by atoms with Crippen molar-refractivity contribution in [3.8, 4) is 0 Å². The number of rotatable bonds is 5. The minimum atomic E-state index is -0.816. The van der Waals surface area contributed by atoms with Crippen LogP contribution < -0.4 is 10.6 Å². The Balaban J connectivity index is 1.77. The van der Waals surface area contributed by atoms with Gasteiger partial charge in [0.25, 0.3) is 0 Å². The monoisotopic (exact) mass is 314 g/mol. The van der Waals surface area contributed by atoms with Crippen LogP contribution in [0.2, 0.25) is 0 Å². The number of carbonyl (C=O) groups is 1. The van der Waals surface area contributed by atoms with E-state index in [2.05, 4.69) is 10.6 Å². The fourth-order valence-electron chi connectivity index (χ4n) is 2.40. The number of hydrogen-bond donors (Lipinski definition) is 2. The van der Waals surface area contributed by atoms with Gasteiger partial charge in [-0.3, -0.25) is 0 Å². The maximum atomic E-state index is 13.4. The zero-order valence-electron chi connectivity index (χ0n) is 12.6. The lowest BCUT2D eigenvalue weighted by atomic mass is 10.0. The molecule has 0 unspecified atom stereocenters. The number of amides is 2. The van der Waals surface area contributed by atoms with Gasteiger partial charge in [-0.1, -0.05) is 6.92 Å². The lowest BCUT2D eigenvalue weighted by Gasteiger charge is -2.26. The van der Waals surface area contributed by atoms with Crippen molar-refractivity contribution in [3.63, 3.8) is 0 Å². The fourth-order valence-corrected chi connectivity index (χ4v) is 2.40. The van der Waals surface area contributed by atoms with Crippen LogP contribution in [0.5, 0.6) is 0 Å². The largest absolute Gasteiger partial charge is 0.348 e. The minimum Gasteiger partial charge on any atom is -0.348 e. The van der Waals surface area contributed by atoms with Gasteiger partial charge < -0.3 is 20.1 Å². The first-order valence-electron chi connectivity index (χ1n) is 7.16. The van der Waals surface area contributed by atoms with Crippen LogP contribution in [0, 0.1) is 17.6 Å². The Hall–Kier alpha value is -1.73. The molecule has 1 atom stereocenters. The third kappa shape index (κ3) is 4.64. The number of anilines is 1. The van der Waals surface area contributed by atoms with E-state index < -0.39 is 23.5 Å². The summed E-state index contributed by atoms with van der Waals surface area (Å²) in [4.78, 5) is 11.7. The van der Waals surface area contributed by atoms with Crippen molar-refractivity contribution in [2.24, 2.45) is 5.92 Å². The van der Waals surface area contributed by atoms with E-state index >= 15 is 0 Å². The molecule has 0 radical (unpaired) electrons. The van der Waals surface area contributed by atoms with Gasteiger partial charge in [0.2, 0.25) is 0 Å². The lowest BCUT2D eigenvalue weighted by Crippen LogP contribution is -2.36. The SMILES string of the molecule is C[C@@H](CNC(=O)Nc1ccc(F)cc1F)CC1(C)OCCO1. The molecule has 7 heteroatoms. The van der Waals surface area contributed by atoms with Crippen LogP contribution in [-0.2, 0) is 9.47 Å². The second-order valence-electron chi connectivity index (χ2n) is 5.60. The summed E-state index contributed by atoms with van der Waals surface area (Å²) in [6, 6.07) is 2.43. The molecule has 0 aromatic heterocycles. The number of carbonyl (C=O) groups excluding carboxylic acids is 1. The molecule has 2 rings (SSSR count). The molecule has 1 saturated heterocycles. The molecule has 0 spiro atoms. The third-order valence-corrected chi connectivity index (χ3v) is 3.41. The second-order valence-corrected chi connectivity index (χ2v) is 5.60. The molecule has 122 valence electrons. The van der Waals surface area contributed by atoms with Crippen LogP contribution in [0.4, 0.5) is 19.3 Å². The Morgan fingerprint density at radius 1 is 1.36 bits per heavy atom. The molecule has 2 amide bonds. The van der Waals surface area contributed by atoms with E-state index in [-0.39, 0.29) is 11.6 Å². The maximum absolute atomic E-state index is 13.4. The Kier molecular flexibility index (Phi) is 5.31. The first-order valence-corrected chi connectivity index (χ1v) is 7.16. The molecular weight excluding hydrogens is 294 g/mol. The standard InChI is InChI=1S/C15H20F2N2O3/c1-10(8-15(2)21-5-6-22-15)9-18-14(20)19-13-4-3-11(16)7-12(13)17/h3-4,7,10H,5-6,8-9H2,1-2H3,(H2,18,19,20)/t10-/m1/s1. The summed E-state index contributed by atoms with van der Waals surface area (Å²) in [5.74, 6) is -2.00. The van der Waals surface area contributed by atoms with E-state index in [1.807, 2.05) is 13.8 Å². The van der Waals surface area contributed by atoms with Crippen molar-refractivity contribution in [1.82, 2.24) is 5.32 Å². The first-order chi connectivity index (χ1) is 10.4. The second kappa shape index (κ2) is 7.02. The first kappa shape index (κ1) is 16.6. The Labute approximate surface area is 128 Å². The highest BCUT2D eigenvalue weighted by atomic mass is 19.1. The number of nitrogens with one attached hydrogen (secondary N) is 2. The molecule has 1 heterocycles. The van der Waals surface area contributed by atoms with E-state index in [4.69, 9.17) is 9.47 Å². The molecule has 0 aliphatic carbocycles. The number of urea groups is 1. The van der Waals surface area contributed by atoms with Crippen molar-refractivity contribution in [1.29, 1.82) is 0 Å². The van der Waals surface area contributed by atoms with Crippen LogP contribution in [0.3, 0.4) is 0 Å². The zero-order valence-corrected chi connectivity index (χ0v) is 12.6. The molecule has 1 aliphatic rings. The summed E-state index contributed by atoms with van der Waals surface area (Å²) >= 11 is 0. The van der Waals surface area contributed by atoms with Crippen molar-refractivity contribution in [3.05, 3.63) is 29.8 Å². The van der Waals surface area contributed by atoms with Gasteiger partial charge in [-0.2, -0.15) is 0 Å². The summed E-state index contributed by atoms with van der Waals surface area (Å²) in [5, 5.41) is 4.98. The summed E-state index contributed by atoms with van der Waals surface area (Å²) in [7, 11) is 0. The number of ether oxygens (including phenoxy) is 2. The van der Waals surface area contributed by atoms with Gasteiger partial charge in [0, 0.05) is 19.0 Å². The van der Waals surface area contributed by atoms with E-state index in [1.54, 1.807) is 0 Å². The van der Waals surface area contributed by atoms with Gasteiger partial charge >= 0.3 is 6.03 Å². The number of hydrogen-bond acceptors (Lipinski definition) is 3. The Morgan fingerprint density at radius 2 is 2.05 bits per heavy atom. The fraction of sp³-hybridized carbons (Fsp3) is 0.533. The van der Waals surface area contributed by atoms with Gasteiger partial charge in [-0.05, 0) is 25.0 Å². The van der Waals surface area contributed by atoms with Gasteiger partial charge in [-0.15, -0.1) is 0 Å². The predicted molar refractivity (Wildman–Crippen MR) is 77.5 cm³/mol. The van der Waals surface area contributed by atoms with Crippen LogP contribution >= 0.6 is 0 Å². The lowest BCUT2D eigenvalue weighted by molar-refractivity contribution is -0.153. The molecule has 1 aromatic rings. The van der Waals surface area contributed by atoms with Crippen LogP contribution in [-0.4, -0.2) is 31.6 Å². The average Bonchev–Trinajstić information content (AvgIpc) is 2.86. The van der Waals surface area contributed by atoms with Crippen molar-refractivity contribution >= 4 is 11.7 Å². The molecule has 1 aromatic carbocycles. The molecule has 1 aliphatic heterocycles. The Bertz CT molecular complexity index is 534. The van der Waals surface area contributed by atoms with Gasteiger partial charge in [-0.25, -0.2) is 13.6 Å². The predicted octanol–water partition coefficient (Wildman–Crippen LogP) is 2.88. The highest BCUT2D eigenvalue weighted by molar-refractivity contribution is 5.89. The molecule has 0 saturated carbocycles. The number of benzene rings is 1. The maximum Gasteiger partial charge on any atom is 0.319 e. The minimum absolute atomic E-state index is 0.0685. The average molecular weight is 314 g/mol. The molecule has 1 fully saturated rings.